The van der Waals surface area contributed by atoms with Gasteiger partial charge in [-0.2, -0.15) is 9.78 Å². The Labute approximate surface area is 177 Å². The lowest BCUT2D eigenvalue weighted by Gasteiger charge is -2.48. The van der Waals surface area contributed by atoms with Gasteiger partial charge < -0.3 is 0 Å². The molecule has 2 unspecified atom stereocenters. The molecule has 0 saturated heterocycles. The number of carbonyl (C=O) groups is 1. The van der Waals surface area contributed by atoms with Crippen LogP contribution < -0.4 is 0 Å². The summed E-state index contributed by atoms with van der Waals surface area (Å²) in [5.74, 6) is -2.11. The van der Waals surface area contributed by atoms with Gasteiger partial charge in [0.15, 0.2) is 10.7 Å². The summed E-state index contributed by atoms with van der Waals surface area (Å²) >= 11 is 13.6. The number of Topliss-reactive ketones (excluding diaryl/α,β-unsaturated/α-hetero) is 1. The number of hydrogen-bond donors (Lipinski definition) is 0. The lowest BCUT2D eigenvalue weighted by atomic mass is 9.77. The van der Waals surface area contributed by atoms with E-state index in [-0.39, 0.29) is 6.42 Å². The Morgan fingerprint density at radius 2 is 1.50 bits per heavy atom. The zero-order valence-electron chi connectivity index (χ0n) is 17.4. The molecule has 2 rings (SSSR count). The largest absolute Gasteiger partial charge is 0.292 e. The number of alkyl halides is 2. The van der Waals surface area contributed by atoms with Gasteiger partial charge in [-0.1, -0.05) is 30.3 Å². The molecule has 158 valence electrons. The van der Waals surface area contributed by atoms with Crippen LogP contribution in [0.25, 0.3) is 0 Å². The Bertz CT molecular complexity index is 648. The average Bonchev–Trinajstić information content (AvgIpc) is 2.61. The van der Waals surface area contributed by atoms with Crippen LogP contribution in [0.5, 0.6) is 0 Å². The molecule has 0 N–H and O–H groups in total. The SMILES string of the molecule is CC(C)(C)OOC1(OOC(C)(C)C)CCCC(Cl)C1(Cl)C(=O)c1ccccc1. The monoisotopic (exact) mass is 432 g/mol. The topological polar surface area (TPSA) is 54.0 Å². The number of rotatable bonds is 6. The van der Waals surface area contributed by atoms with E-state index in [4.69, 9.17) is 42.8 Å². The van der Waals surface area contributed by atoms with Crippen molar-refractivity contribution < 1.29 is 24.3 Å². The summed E-state index contributed by atoms with van der Waals surface area (Å²) in [6, 6.07) is 8.72. The first-order valence-corrected chi connectivity index (χ1v) is 10.3. The second-order valence-corrected chi connectivity index (χ2v) is 10.2. The molecule has 0 aliphatic heterocycles. The predicted molar refractivity (Wildman–Crippen MR) is 109 cm³/mol. The van der Waals surface area contributed by atoms with Crippen LogP contribution in [0.2, 0.25) is 0 Å². The van der Waals surface area contributed by atoms with Crippen LogP contribution in [0.4, 0.5) is 0 Å². The Balaban J connectivity index is 2.51. The summed E-state index contributed by atoms with van der Waals surface area (Å²) in [6.07, 6.45) is 1.44. The summed E-state index contributed by atoms with van der Waals surface area (Å²) in [7, 11) is 0. The molecule has 0 heterocycles. The minimum absolute atomic E-state index is 0.282. The highest BCUT2D eigenvalue weighted by Gasteiger charge is 2.66. The maximum Gasteiger partial charge on any atom is 0.261 e. The van der Waals surface area contributed by atoms with Crippen molar-refractivity contribution in [2.45, 2.75) is 88.0 Å². The first-order valence-electron chi connectivity index (χ1n) is 9.47. The molecule has 0 aromatic heterocycles. The van der Waals surface area contributed by atoms with Crippen molar-refractivity contribution in [1.82, 2.24) is 0 Å². The summed E-state index contributed by atoms with van der Waals surface area (Å²) in [4.78, 5) is 34.4. The molecule has 2 atom stereocenters. The van der Waals surface area contributed by atoms with Gasteiger partial charge in [-0.15, -0.1) is 23.2 Å². The molecular formula is C21H30Cl2O5. The van der Waals surface area contributed by atoms with Crippen LogP contribution >= 0.6 is 23.2 Å². The smallest absolute Gasteiger partial charge is 0.261 e. The van der Waals surface area contributed by atoms with E-state index in [2.05, 4.69) is 0 Å². The third kappa shape index (κ3) is 5.26. The molecule has 1 aliphatic rings. The Morgan fingerprint density at radius 1 is 1.00 bits per heavy atom. The van der Waals surface area contributed by atoms with Crippen LogP contribution in [-0.4, -0.2) is 33.0 Å². The molecule has 7 heteroatoms. The fraction of sp³-hybridized carbons (Fsp3) is 0.667. The number of halogens is 2. The quantitative estimate of drug-likeness (QED) is 0.186. The van der Waals surface area contributed by atoms with Crippen LogP contribution in [0.15, 0.2) is 30.3 Å². The van der Waals surface area contributed by atoms with Crippen molar-refractivity contribution in [2.75, 3.05) is 0 Å². The molecule has 1 fully saturated rings. The van der Waals surface area contributed by atoms with E-state index < -0.39 is 33.0 Å². The van der Waals surface area contributed by atoms with Gasteiger partial charge in [-0.25, -0.2) is 9.78 Å². The van der Waals surface area contributed by atoms with Crippen molar-refractivity contribution in [3.63, 3.8) is 0 Å². The van der Waals surface area contributed by atoms with Gasteiger partial charge in [0.25, 0.3) is 5.79 Å². The lowest BCUT2D eigenvalue weighted by Crippen LogP contribution is -2.66. The van der Waals surface area contributed by atoms with Crippen molar-refractivity contribution in [3.8, 4) is 0 Å². The van der Waals surface area contributed by atoms with E-state index in [9.17, 15) is 4.79 Å². The third-order valence-corrected chi connectivity index (χ3v) is 5.55. The summed E-state index contributed by atoms with van der Waals surface area (Å²) in [5, 5.41) is -0.747. The van der Waals surface area contributed by atoms with Crippen LogP contribution in [0.1, 0.15) is 71.2 Å². The average molecular weight is 433 g/mol. The minimum Gasteiger partial charge on any atom is -0.292 e. The Kier molecular flexibility index (Phi) is 7.23. The number of hydrogen-bond acceptors (Lipinski definition) is 5. The second kappa shape index (κ2) is 8.58. The zero-order valence-corrected chi connectivity index (χ0v) is 18.9. The molecule has 0 amide bonds. The van der Waals surface area contributed by atoms with E-state index >= 15 is 0 Å². The van der Waals surface area contributed by atoms with Gasteiger partial charge in [-0.3, -0.25) is 4.79 Å². The fourth-order valence-corrected chi connectivity index (χ4v) is 3.65. The van der Waals surface area contributed by atoms with E-state index in [0.717, 1.165) is 0 Å². The second-order valence-electron chi connectivity index (χ2n) is 9.08. The van der Waals surface area contributed by atoms with Gasteiger partial charge in [0.1, 0.15) is 0 Å². The summed E-state index contributed by atoms with van der Waals surface area (Å²) in [6.45, 7) is 10.9. The number of ketones is 1. The van der Waals surface area contributed by atoms with Crippen LogP contribution in [0.3, 0.4) is 0 Å². The highest BCUT2D eigenvalue weighted by atomic mass is 35.5. The predicted octanol–water partition coefficient (Wildman–Crippen LogP) is 5.83. The van der Waals surface area contributed by atoms with Gasteiger partial charge in [0.05, 0.1) is 16.6 Å². The first kappa shape index (κ1) is 23.6. The van der Waals surface area contributed by atoms with Gasteiger partial charge in [0.2, 0.25) is 0 Å². The Morgan fingerprint density at radius 3 is 1.96 bits per heavy atom. The molecule has 1 saturated carbocycles. The van der Waals surface area contributed by atoms with E-state index in [1.54, 1.807) is 24.3 Å². The minimum atomic E-state index is -1.75. The van der Waals surface area contributed by atoms with Crippen LogP contribution in [-0.2, 0) is 19.6 Å². The standard InChI is InChI=1S/C21H30Cl2O5/c1-18(2,3)25-27-20(28-26-19(4,5)6)14-10-13-16(22)21(20,23)17(24)15-11-8-7-9-12-15/h7-9,11-12,16H,10,13-14H2,1-6H3. The molecule has 1 aliphatic carbocycles. The van der Waals surface area contributed by atoms with Gasteiger partial charge in [-0.05, 0) is 54.4 Å². The maximum absolute atomic E-state index is 13.5. The molecule has 1 aromatic carbocycles. The summed E-state index contributed by atoms with van der Waals surface area (Å²) in [5.41, 5.74) is -0.913. The van der Waals surface area contributed by atoms with Crippen LogP contribution in [0, 0.1) is 0 Å². The van der Waals surface area contributed by atoms with E-state index in [1.165, 1.54) is 0 Å². The molecular weight excluding hydrogens is 403 g/mol. The zero-order chi connectivity index (χ0) is 21.2. The highest BCUT2D eigenvalue weighted by Crippen LogP contribution is 2.50. The molecule has 0 radical (unpaired) electrons. The van der Waals surface area contributed by atoms with Crippen molar-refractivity contribution in [3.05, 3.63) is 35.9 Å². The molecule has 1 aromatic rings. The third-order valence-electron chi connectivity index (χ3n) is 4.17. The van der Waals surface area contributed by atoms with E-state index in [0.29, 0.717) is 18.4 Å². The molecule has 5 nitrogen and oxygen atoms in total. The van der Waals surface area contributed by atoms with Crippen molar-refractivity contribution >= 4 is 29.0 Å². The normalized spacial score (nSPS) is 25.5. The molecule has 28 heavy (non-hydrogen) atoms. The number of carbonyl (C=O) groups excluding carboxylic acids is 1. The lowest BCUT2D eigenvalue weighted by molar-refractivity contribution is -0.548. The summed E-state index contributed by atoms with van der Waals surface area (Å²) < 4.78 is 0. The highest BCUT2D eigenvalue weighted by molar-refractivity contribution is 6.44. The fourth-order valence-electron chi connectivity index (χ4n) is 2.85. The molecule has 0 bridgehead atoms. The first-order chi connectivity index (χ1) is 12.8. The van der Waals surface area contributed by atoms with Crippen molar-refractivity contribution in [1.29, 1.82) is 0 Å². The van der Waals surface area contributed by atoms with Gasteiger partial charge >= 0.3 is 0 Å². The van der Waals surface area contributed by atoms with Gasteiger partial charge in [0, 0.05) is 12.0 Å². The molecule has 0 spiro atoms. The Hall–Kier alpha value is -0.690. The number of benzene rings is 1. The van der Waals surface area contributed by atoms with E-state index in [1.807, 2.05) is 47.6 Å². The van der Waals surface area contributed by atoms with Crippen molar-refractivity contribution in [2.24, 2.45) is 0 Å². The maximum atomic E-state index is 13.5.